The highest BCUT2D eigenvalue weighted by molar-refractivity contribution is 6.31. The van der Waals surface area contributed by atoms with Crippen molar-refractivity contribution in [3.63, 3.8) is 0 Å². The van der Waals surface area contributed by atoms with E-state index in [0.29, 0.717) is 22.6 Å². The lowest BCUT2D eigenvalue weighted by Crippen LogP contribution is -2.07. The lowest BCUT2D eigenvalue weighted by atomic mass is 9.99. The van der Waals surface area contributed by atoms with Gasteiger partial charge in [-0.25, -0.2) is 0 Å². The maximum atomic E-state index is 12.4. The van der Waals surface area contributed by atoms with Crippen LogP contribution in [0.4, 0.5) is 0 Å². The number of ketones is 1. The van der Waals surface area contributed by atoms with Gasteiger partial charge >= 0.3 is 0 Å². The molecule has 128 valence electrons. The zero-order chi connectivity index (χ0) is 18.5. The van der Waals surface area contributed by atoms with Crippen LogP contribution < -0.4 is 0 Å². The van der Waals surface area contributed by atoms with Gasteiger partial charge in [0.05, 0.1) is 11.6 Å². The lowest BCUT2D eigenvalue weighted by molar-refractivity contribution is -0.117. The number of carbonyl (C=O) groups is 1. The number of carbonyl (C=O) groups excluding carboxylic acids is 1. The summed E-state index contributed by atoms with van der Waals surface area (Å²) in [5.74, 6) is 0.0643. The third-order valence-electron chi connectivity index (χ3n) is 4.15. The van der Waals surface area contributed by atoms with Gasteiger partial charge < -0.3 is 0 Å². The minimum Gasteiger partial charge on any atom is -0.299 e. The Hall–Kier alpha value is -2.96. The highest BCUT2D eigenvalue weighted by atomic mass is 35.5. The molecule has 4 heteroatoms. The van der Waals surface area contributed by atoms with E-state index < -0.39 is 0 Å². The molecule has 1 aromatic heterocycles. The average molecular weight is 361 g/mol. The first-order valence-electron chi connectivity index (χ1n) is 8.27. The second-order valence-electron chi connectivity index (χ2n) is 6.19. The third kappa shape index (κ3) is 4.36. The molecule has 0 saturated heterocycles. The van der Waals surface area contributed by atoms with Gasteiger partial charge in [-0.2, -0.15) is 5.26 Å². The third-order valence-corrected chi connectivity index (χ3v) is 4.52. The number of nitrogens with zero attached hydrogens (tertiary/aromatic N) is 2. The Labute approximate surface area is 157 Å². The lowest BCUT2D eigenvalue weighted by Gasteiger charge is -2.07. The van der Waals surface area contributed by atoms with Gasteiger partial charge in [-0.05, 0) is 59.5 Å². The van der Waals surface area contributed by atoms with Crippen molar-refractivity contribution in [2.24, 2.45) is 0 Å². The van der Waals surface area contributed by atoms with E-state index in [4.69, 9.17) is 16.9 Å². The number of aromatic nitrogens is 1. The Morgan fingerprint density at radius 3 is 2.50 bits per heavy atom. The van der Waals surface area contributed by atoms with Crippen LogP contribution in [0.5, 0.6) is 0 Å². The molecule has 0 radical (unpaired) electrons. The number of pyridine rings is 1. The van der Waals surface area contributed by atoms with Crippen molar-refractivity contribution in [1.82, 2.24) is 4.98 Å². The standard InChI is InChI=1S/C22H17ClN2O/c1-15-10-19(8-9-25-15)18-5-2-16(3-6-18)12-21(26)13-20-11-17(14-24)4-7-22(20)23/h2-11H,12-13H2,1H3. The molecule has 0 aliphatic rings. The van der Waals surface area contributed by atoms with Gasteiger partial charge in [-0.3, -0.25) is 9.78 Å². The van der Waals surface area contributed by atoms with Crippen LogP contribution >= 0.6 is 11.6 Å². The molecule has 0 aliphatic heterocycles. The van der Waals surface area contributed by atoms with Gasteiger partial charge in [0, 0.05) is 29.8 Å². The minimum atomic E-state index is 0.0643. The van der Waals surface area contributed by atoms with Gasteiger partial charge in [0.15, 0.2) is 0 Å². The molecule has 26 heavy (non-hydrogen) atoms. The summed E-state index contributed by atoms with van der Waals surface area (Å²) < 4.78 is 0. The first kappa shape index (κ1) is 17.8. The molecule has 3 rings (SSSR count). The molecule has 0 unspecified atom stereocenters. The van der Waals surface area contributed by atoms with Crippen LogP contribution in [0.15, 0.2) is 60.8 Å². The van der Waals surface area contributed by atoms with E-state index >= 15 is 0 Å². The van der Waals surface area contributed by atoms with Crippen molar-refractivity contribution in [1.29, 1.82) is 5.26 Å². The number of Topliss-reactive ketones (excluding diaryl/α,β-unsaturated/α-hetero) is 1. The van der Waals surface area contributed by atoms with Crippen molar-refractivity contribution in [3.05, 3.63) is 88.2 Å². The first-order valence-corrected chi connectivity index (χ1v) is 8.65. The molecule has 0 aliphatic carbocycles. The van der Waals surface area contributed by atoms with Crippen LogP contribution in [0.3, 0.4) is 0 Å². The maximum Gasteiger partial charge on any atom is 0.141 e. The summed E-state index contributed by atoms with van der Waals surface area (Å²) in [6.07, 6.45) is 2.35. The summed E-state index contributed by atoms with van der Waals surface area (Å²) in [6.45, 7) is 1.96. The smallest absolute Gasteiger partial charge is 0.141 e. The van der Waals surface area contributed by atoms with Gasteiger partial charge in [0.1, 0.15) is 5.78 Å². The monoisotopic (exact) mass is 360 g/mol. The number of benzene rings is 2. The average Bonchev–Trinajstić information content (AvgIpc) is 2.64. The fourth-order valence-corrected chi connectivity index (χ4v) is 3.01. The molecule has 3 nitrogen and oxygen atoms in total. The normalized spacial score (nSPS) is 10.3. The van der Waals surface area contributed by atoms with E-state index in [1.54, 1.807) is 24.4 Å². The summed E-state index contributed by atoms with van der Waals surface area (Å²) in [5, 5.41) is 9.49. The minimum absolute atomic E-state index is 0.0643. The molecule has 2 aromatic carbocycles. The Balaban J connectivity index is 1.69. The number of hydrogen-bond acceptors (Lipinski definition) is 3. The summed E-state index contributed by atoms with van der Waals surface area (Å²) in [7, 11) is 0. The van der Waals surface area contributed by atoms with Crippen molar-refractivity contribution in [3.8, 4) is 17.2 Å². The Morgan fingerprint density at radius 2 is 1.81 bits per heavy atom. The summed E-state index contributed by atoms with van der Waals surface area (Å²) in [5.41, 5.74) is 5.33. The number of halogens is 1. The zero-order valence-electron chi connectivity index (χ0n) is 14.4. The summed E-state index contributed by atoms with van der Waals surface area (Å²) in [4.78, 5) is 16.6. The molecular weight excluding hydrogens is 344 g/mol. The second-order valence-corrected chi connectivity index (χ2v) is 6.60. The van der Waals surface area contributed by atoms with Crippen molar-refractivity contribution in [2.75, 3.05) is 0 Å². The molecule has 1 heterocycles. The SMILES string of the molecule is Cc1cc(-c2ccc(CC(=O)Cc3cc(C#N)ccc3Cl)cc2)ccn1. The highest BCUT2D eigenvalue weighted by Gasteiger charge is 2.10. The Kier molecular flexibility index (Phi) is 5.46. The van der Waals surface area contributed by atoms with Crippen molar-refractivity contribution >= 4 is 17.4 Å². The van der Waals surface area contributed by atoms with Gasteiger partial charge in [-0.1, -0.05) is 35.9 Å². The summed E-state index contributed by atoms with van der Waals surface area (Å²) >= 11 is 6.13. The quantitative estimate of drug-likeness (QED) is 0.647. The fraction of sp³-hybridized carbons (Fsp3) is 0.136. The number of aryl methyl sites for hydroxylation is 1. The molecule has 3 aromatic rings. The predicted octanol–water partition coefficient (Wildman–Crippen LogP) is 4.94. The molecular formula is C22H17ClN2O. The maximum absolute atomic E-state index is 12.4. The van der Waals surface area contributed by atoms with Gasteiger partial charge in [0.2, 0.25) is 0 Å². The number of nitriles is 1. The van der Waals surface area contributed by atoms with E-state index in [9.17, 15) is 4.79 Å². The predicted molar refractivity (Wildman–Crippen MR) is 103 cm³/mol. The van der Waals surface area contributed by atoms with E-state index in [1.165, 1.54) is 0 Å². The van der Waals surface area contributed by atoms with Gasteiger partial charge in [-0.15, -0.1) is 0 Å². The van der Waals surface area contributed by atoms with Crippen LogP contribution in [-0.2, 0) is 17.6 Å². The van der Waals surface area contributed by atoms with Crippen LogP contribution in [0.1, 0.15) is 22.4 Å². The molecule has 0 N–H and O–H groups in total. The molecule has 0 fully saturated rings. The second kappa shape index (κ2) is 7.95. The van der Waals surface area contributed by atoms with E-state index in [0.717, 1.165) is 22.4 Å². The van der Waals surface area contributed by atoms with E-state index in [-0.39, 0.29) is 12.2 Å². The van der Waals surface area contributed by atoms with E-state index in [2.05, 4.69) is 11.1 Å². The topological polar surface area (TPSA) is 53.8 Å². The Morgan fingerprint density at radius 1 is 1.04 bits per heavy atom. The van der Waals surface area contributed by atoms with Crippen LogP contribution in [-0.4, -0.2) is 10.8 Å². The summed E-state index contributed by atoms with van der Waals surface area (Å²) in [6, 6.07) is 19.0. The largest absolute Gasteiger partial charge is 0.299 e. The first-order chi connectivity index (χ1) is 12.5. The highest BCUT2D eigenvalue weighted by Crippen LogP contribution is 2.21. The number of hydrogen-bond donors (Lipinski definition) is 0. The van der Waals surface area contributed by atoms with Gasteiger partial charge in [0.25, 0.3) is 0 Å². The van der Waals surface area contributed by atoms with E-state index in [1.807, 2.05) is 43.3 Å². The fourth-order valence-electron chi connectivity index (χ4n) is 2.82. The Bertz CT molecular complexity index is 988. The van der Waals surface area contributed by atoms with Crippen molar-refractivity contribution in [2.45, 2.75) is 19.8 Å². The van der Waals surface area contributed by atoms with Crippen LogP contribution in [0.2, 0.25) is 5.02 Å². The van der Waals surface area contributed by atoms with Crippen LogP contribution in [0.25, 0.3) is 11.1 Å². The number of rotatable bonds is 5. The van der Waals surface area contributed by atoms with Crippen LogP contribution in [0, 0.1) is 18.3 Å². The van der Waals surface area contributed by atoms with Crippen molar-refractivity contribution < 1.29 is 4.79 Å². The molecule has 0 bridgehead atoms. The molecule has 0 spiro atoms. The zero-order valence-corrected chi connectivity index (χ0v) is 15.1. The molecule has 0 atom stereocenters. The molecule has 0 saturated carbocycles. The molecule has 0 amide bonds.